The Bertz CT molecular complexity index is 202. The third kappa shape index (κ3) is 2.89. The van der Waals surface area contributed by atoms with Gasteiger partial charge in [-0.25, -0.2) is 0 Å². The van der Waals surface area contributed by atoms with Crippen molar-refractivity contribution >= 4 is 11.8 Å². The first-order chi connectivity index (χ1) is 7.16. The molecule has 0 aromatic rings. The minimum Gasteiger partial charge on any atom is -0.328 e. The van der Waals surface area contributed by atoms with Crippen molar-refractivity contribution in [3.8, 4) is 0 Å². The van der Waals surface area contributed by atoms with Crippen molar-refractivity contribution in [2.75, 3.05) is 12.8 Å². The molecule has 0 radical (unpaired) electrons. The fourth-order valence-electron chi connectivity index (χ4n) is 2.89. The van der Waals surface area contributed by atoms with Crippen LogP contribution in [-0.2, 0) is 0 Å². The van der Waals surface area contributed by atoms with Crippen LogP contribution in [0.25, 0.3) is 0 Å². The molecule has 1 saturated heterocycles. The van der Waals surface area contributed by atoms with Crippen LogP contribution in [0, 0.1) is 0 Å². The van der Waals surface area contributed by atoms with Gasteiger partial charge in [-0.3, -0.25) is 4.90 Å². The zero-order valence-corrected chi connectivity index (χ0v) is 10.8. The molecule has 0 aromatic carbocycles. The normalized spacial score (nSPS) is 42.4. The molecule has 88 valence electrons. The Hall–Kier alpha value is 0.270. The molecule has 0 bridgehead atoms. The summed E-state index contributed by atoms with van der Waals surface area (Å²) in [7, 11) is 2.32. The quantitative estimate of drug-likeness (QED) is 0.784. The molecular formula is C12H24N2S. The van der Waals surface area contributed by atoms with Gasteiger partial charge in [0.1, 0.15) is 0 Å². The average molecular weight is 228 g/mol. The molecule has 2 aliphatic rings. The SMILES string of the molecule is CC1CC(N(C)C2CCC(N)CC2)CS1. The zero-order valence-electron chi connectivity index (χ0n) is 9.98. The summed E-state index contributed by atoms with van der Waals surface area (Å²) in [6.07, 6.45) is 6.46. The molecule has 0 amide bonds. The molecule has 2 N–H and O–H groups in total. The molecule has 15 heavy (non-hydrogen) atoms. The molecular weight excluding hydrogens is 204 g/mol. The minimum absolute atomic E-state index is 0.478. The van der Waals surface area contributed by atoms with Gasteiger partial charge in [0.05, 0.1) is 0 Å². The van der Waals surface area contributed by atoms with Crippen LogP contribution in [0.5, 0.6) is 0 Å². The second kappa shape index (κ2) is 5.07. The van der Waals surface area contributed by atoms with Gasteiger partial charge in [0.25, 0.3) is 0 Å². The second-order valence-corrected chi connectivity index (χ2v) is 6.74. The average Bonchev–Trinajstić information content (AvgIpc) is 2.65. The van der Waals surface area contributed by atoms with E-state index in [0.717, 1.165) is 17.3 Å². The van der Waals surface area contributed by atoms with Crippen molar-refractivity contribution in [3.63, 3.8) is 0 Å². The van der Waals surface area contributed by atoms with Gasteiger partial charge in [-0.1, -0.05) is 6.92 Å². The Labute approximate surface area is 98.0 Å². The first-order valence-corrected chi connectivity index (χ1v) is 7.31. The van der Waals surface area contributed by atoms with Gasteiger partial charge in [-0.2, -0.15) is 11.8 Å². The maximum Gasteiger partial charge on any atom is 0.0196 e. The third-order valence-electron chi connectivity index (χ3n) is 4.07. The van der Waals surface area contributed by atoms with Gasteiger partial charge in [0, 0.05) is 29.1 Å². The van der Waals surface area contributed by atoms with E-state index in [2.05, 4.69) is 30.6 Å². The smallest absolute Gasteiger partial charge is 0.0196 e. The van der Waals surface area contributed by atoms with E-state index in [-0.39, 0.29) is 0 Å². The standard InChI is InChI=1S/C12H24N2S/c1-9-7-12(8-15-9)14(2)11-5-3-10(13)4-6-11/h9-12H,3-8,13H2,1-2H3. The molecule has 3 heteroatoms. The van der Waals surface area contributed by atoms with E-state index in [1.807, 2.05) is 0 Å². The summed E-state index contributed by atoms with van der Waals surface area (Å²) in [5.74, 6) is 1.33. The monoisotopic (exact) mass is 228 g/mol. The van der Waals surface area contributed by atoms with Crippen molar-refractivity contribution in [2.45, 2.75) is 62.4 Å². The Morgan fingerprint density at radius 2 is 1.80 bits per heavy atom. The molecule has 2 nitrogen and oxygen atoms in total. The zero-order chi connectivity index (χ0) is 10.8. The van der Waals surface area contributed by atoms with E-state index >= 15 is 0 Å². The van der Waals surface area contributed by atoms with Gasteiger partial charge >= 0.3 is 0 Å². The van der Waals surface area contributed by atoms with Crippen LogP contribution in [-0.4, -0.2) is 41.1 Å². The van der Waals surface area contributed by atoms with Crippen LogP contribution >= 0.6 is 11.8 Å². The molecule has 0 spiro atoms. The van der Waals surface area contributed by atoms with E-state index in [9.17, 15) is 0 Å². The van der Waals surface area contributed by atoms with Gasteiger partial charge < -0.3 is 5.73 Å². The molecule has 0 aromatic heterocycles. The van der Waals surface area contributed by atoms with Gasteiger partial charge in [0.2, 0.25) is 0 Å². The summed E-state index contributed by atoms with van der Waals surface area (Å²) in [5, 5.41) is 0.864. The Balaban J connectivity index is 1.82. The van der Waals surface area contributed by atoms with Gasteiger partial charge in [-0.15, -0.1) is 0 Å². The number of thioether (sulfide) groups is 1. The van der Waals surface area contributed by atoms with Crippen molar-refractivity contribution in [2.24, 2.45) is 5.73 Å². The van der Waals surface area contributed by atoms with Crippen LogP contribution in [0.4, 0.5) is 0 Å². The number of rotatable bonds is 2. The summed E-state index contributed by atoms with van der Waals surface area (Å²) in [6, 6.07) is 2.11. The summed E-state index contributed by atoms with van der Waals surface area (Å²) in [6.45, 7) is 2.36. The third-order valence-corrected chi connectivity index (χ3v) is 5.41. The van der Waals surface area contributed by atoms with E-state index in [0.29, 0.717) is 6.04 Å². The lowest BCUT2D eigenvalue weighted by atomic mass is 9.90. The van der Waals surface area contributed by atoms with E-state index < -0.39 is 0 Å². The van der Waals surface area contributed by atoms with Crippen LogP contribution in [0.2, 0.25) is 0 Å². The number of hydrogen-bond donors (Lipinski definition) is 1. The van der Waals surface area contributed by atoms with Gasteiger partial charge in [0.15, 0.2) is 0 Å². The van der Waals surface area contributed by atoms with Crippen LogP contribution < -0.4 is 5.73 Å². The highest BCUT2D eigenvalue weighted by atomic mass is 32.2. The fourth-order valence-corrected chi connectivity index (χ4v) is 4.17. The van der Waals surface area contributed by atoms with Crippen molar-refractivity contribution in [1.82, 2.24) is 4.90 Å². The summed E-state index contributed by atoms with van der Waals surface area (Å²) >= 11 is 2.13. The lowest BCUT2D eigenvalue weighted by molar-refractivity contribution is 0.141. The fraction of sp³-hybridized carbons (Fsp3) is 1.00. The topological polar surface area (TPSA) is 29.3 Å². The van der Waals surface area contributed by atoms with Crippen molar-refractivity contribution < 1.29 is 0 Å². The maximum absolute atomic E-state index is 5.95. The highest BCUT2D eigenvalue weighted by Gasteiger charge is 2.30. The predicted octanol–water partition coefficient (Wildman–Crippen LogP) is 2.08. The highest BCUT2D eigenvalue weighted by molar-refractivity contribution is 8.00. The van der Waals surface area contributed by atoms with Crippen molar-refractivity contribution in [1.29, 1.82) is 0 Å². The van der Waals surface area contributed by atoms with Crippen LogP contribution in [0.3, 0.4) is 0 Å². The van der Waals surface area contributed by atoms with Crippen LogP contribution in [0.15, 0.2) is 0 Å². The molecule has 2 unspecified atom stereocenters. The Morgan fingerprint density at radius 3 is 2.33 bits per heavy atom. The lowest BCUT2D eigenvalue weighted by Crippen LogP contribution is -2.44. The molecule has 2 atom stereocenters. The molecule has 2 rings (SSSR count). The minimum atomic E-state index is 0.478. The molecule has 1 saturated carbocycles. The summed E-state index contributed by atoms with van der Waals surface area (Å²) in [5.41, 5.74) is 5.95. The largest absolute Gasteiger partial charge is 0.328 e. The second-order valence-electron chi connectivity index (χ2n) is 5.27. The van der Waals surface area contributed by atoms with E-state index in [1.165, 1.54) is 37.9 Å². The Morgan fingerprint density at radius 1 is 1.13 bits per heavy atom. The summed E-state index contributed by atoms with van der Waals surface area (Å²) < 4.78 is 0. The van der Waals surface area contributed by atoms with E-state index in [4.69, 9.17) is 5.73 Å². The lowest BCUT2D eigenvalue weighted by Gasteiger charge is -2.37. The molecule has 2 fully saturated rings. The number of nitrogens with two attached hydrogens (primary N) is 1. The molecule has 1 heterocycles. The predicted molar refractivity (Wildman–Crippen MR) is 68.3 cm³/mol. The first kappa shape index (κ1) is 11.7. The first-order valence-electron chi connectivity index (χ1n) is 6.26. The number of hydrogen-bond acceptors (Lipinski definition) is 3. The van der Waals surface area contributed by atoms with Gasteiger partial charge in [-0.05, 0) is 39.2 Å². The Kier molecular flexibility index (Phi) is 3.97. The van der Waals surface area contributed by atoms with E-state index in [1.54, 1.807) is 0 Å². The summed E-state index contributed by atoms with van der Waals surface area (Å²) in [4.78, 5) is 2.64. The van der Waals surface area contributed by atoms with Crippen LogP contribution in [0.1, 0.15) is 39.0 Å². The molecule has 1 aliphatic carbocycles. The highest BCUT2D eigenvalue weighted by Crippen LogP contribution is 2.32. The maximum atomic E-state index is 5.95. The van der Waals surface area contributed by atoms with Crippen molar-refractivity contribution in [3.05, 3.63) is 0 Å². The number of nitrogens with zero attached hydrogens (tertiary/aromatic N) is 1. The molecule has 1 aliphatic heterocycles.